The van der Waals surface area contributed by atoms with Crippen molar-refractivity contribution in [3.8, 4) is 11.3 Å². The van der Waals surface area contributed by atoms with E-state index in [1.54, 1.807) is 18.2 Å². The van der Waals surface area contributed by atoms with Crippen molar-refractivity contribution >= 4 is 46.2 Å². The SMILES string of the molecule is O=C1N=C(N2CCOCC2)SC1=Cc1ccc(-c2ccc([N+](=O)[O-])cc2Cl)o1. The number of ether oxygens (including phenoxy) is 1. The Morgan fingerprint density at radius 1 is 1.25 bits per heavy atom. The molecule has 8 nitrogen and oxygen atoms in total. The van der Waals surface area contributed by atoms with Gasteiger partial charge in [-0.05, 0) is 30.0 Å². The Kier molecular flexibility index (Phi) is 5.21. The van der Waals surface area contributed by atoms with Gasteiger partial charge in [0, 0.05) is 36.9 Å². The van der Waals surface area contributed by atoms with Crippen LogP contribution >= 0.6 is 23.4 Å². The standard InChI is InChI=1S/C18H14ClN3O5S/c19-14-9-11(22(24)25)1-3-13(14)15-4-2-12(27-15)10-16-17(23)20-18(28-16)21-5-7-26-8-6-21/h1-4,9-10H,5-8H2. The monoisotopic (exact) mass is 419 g/mol. The fourth-order valence-corrected chi connectivity index (χ4v) is 4.02. The molecule has 3 heterocycles. The Morgan fingerprint density at radius 3 is 2.75 bits per heavy atom. The van der Waals surface area contributed by atoms with E-state index >= 15 is 0 Å². The van der Waals surface area contributed by atoms with Crippen LogP contribution < -0.4 is 0 Å². The molecule has 0 saturated carbocycles. The van der Waals surface area contributed by atoms with Crippen LogP contribution in [0.4, 0.5) is 5.69 Å². The summed E-state index contributed by atoms with van der Waals surface area (Å²) in [5.41, 5.74) is 0.441. The molecular weight excluding hydrogens is 406 g/mol. The molecule has 4 rings (SSSR count). The molecule has 1 amide bonds. The molecule has 0 atom stereocenters. The average molecular weight is 420 g/mol. The molecule has 0 bridgehead atoms. The summed E-state index contributed by atoms with van der Waals surface area (Å²) < 4.78 is 11.1. The first-order chi connectivity index (χ1) is 13.5. The van der Waals surface area contributed by atoms with Crippen molar-refractivity contribution in [2.75, 3.05) is 26.3 Å². The second kappa shape index (κ2) is 7.78. The lowest BCUT2D eigenvalue weighted by Gasteiger charge is -2.27. The van der Waals surface area contributed by atoms with Crippen molar-refractivity contribution in [1.82, 2.24) is 4.90 Å². The highest BCUT2D eigenvalue weighted by atomic mass is 35.5. The number of nitro benzene ring substituents is 1. The van der Waals surface area contributed by atoms with Gasteiger partial charge in [-0.15, -0.1) is 0 Å². The predicted octanol–water partition coefficient (Wildman–Crippen LogP) is 3.81. The van der Waals surface area contributed by atoms with Gasteiger partial charge in [-0.3, -0.25) is 14.9 Å². The lowest BCUT2D eigenvalue weighted by Crippen LogP contribution is -2.38. The maximum atomic E-state index is 12.2. The van der Waals surface area contributed by atoms with Gasteiger partial charge in [-0.25, -0.2) is 0 Å². The van der Waals surface area contributed by atoms with Gasteiger partial charge in [-0.2, -0.15) is 4.99 Å². The Morgan fingerprint density at radius 2 is 2.04 bits per heavy atom. The number of benzene rings is 1. The number of nitro groups is 1. The quantitative estimate of drug-likeness (QED) is 0.423. The van der Waals surface area contributed by atoms with Gasteiger partial charge in [-0.1, -0.05) is 11.6 Å². The van der Waals surface area contributed by atoms with Crippen LogP contribution in [0.3, 0.4) is 0 Å². The van der Waals surface area contributed by atoms with E-state index in [2.05, 4.69) is 4.99 Å². The molecule has 10 heteroatoms. The van der Waals surface area contributed by atoms with Gasteiger partial charge >= 0.3 is 0 Å². The van der Waals surface area contributed by atoms with Crippen LogP contribution in [0.5, 0.6) is 0 Å². The van der Waals surface area contributed by atoms with E-state index in [1.165, 1.54) is 30.0 Å². The van der Waals surface area contributed by atoms with Crippen LogP contribution in [0, 0.1) is 10.1 Å². The minimum absolute atomic E-state index is 0.0941. The number of morpholine rings is 1. The number of hydrogen-bond donors (Lipinski definition) is 0. The normalized spacial score (nSPS) is 18.6. The Bertz CT molecular complexity index is 1010. The molecule has 2 aromatic rings. The number of thioether (sulfide) groups is 1. The van der Waals surface area contributed by atoms with Gasteiger partial charge in [0.1, 0.15) is 11.5 Å². The molecular formula is C18H14ClN3O5S. The van der Waals surface area contributed by atoms with Crippen LogP contribution in [0.2, 0.25) is 5.02 Å². The minimum Gasteiger partial charge on any atom is -0.457 e. The highest BCUT2D eigenvalue weighted by molar-refractivity contribution is 8.18. The fraction of sp³-hybridized carbons (Fsp3) is 0.222. The summed E-state index contributed by atoms with van der Waals surface area (Å²) in [6.07, 6.45) is 1.63. The summed E-state index contributed by atoms with van der Waals surface area (Å²) in [5.74, 6) is 0.619. The van der Waals surface area contributed by atoms with E-state index in [0.717, 1.165) is 0 Å². The minimum atomic E-state index is -0.511. The number of non-ortho nitro benzene ring substituents is 1. The molecule has 0 unspecified atom stereocenters. The topological polar surface area (TPSA) is 98.2 Å². The van der Waals surface area contributed by atoms with Crippen molar-refractivity contribution in [2.24, 2.45) is 4.99 Å². The zero-order chi connectivity index (χ0) is 19.7. The van der Waals surface area contributed by atoms with Crippen LogP contribution in [0.1, 0.15) is 5.76 Å². The third-order valence-corrected chi connectivity index (χ3v) is 5.58. The first-order valence-electron chi connectivity index (χ1n) is 8.41. The lowest BCUT2D eigenvalue weighted by molar-refractivity contribution is -0.384. The van der Waals surface area contributed by atoms with Crippen molar-refractivity contribution in [3.63, 3.8) is 0 Å². The van der Waals surface area contributed by atoms with Crippen LogP contribution in [0.25, 0.3) is 17.4 Å². The number of carbonyl (C=O) groups is 1. The molecule has 0 aliphatic carbocycles. The van der Waals surface area contributed by atoms with Crippen LogP contribution in [-0.2, 0) is 9.53 Å². The summed E-state index contributed by atoms with van der Waals surface area (Å²) >= 11 is 7.45. The van der Waals surface area contributed by atoms with Gasteiger partial charge in [0.15, 0.2) is 5.17 Å². The highest BCUT2D eigenvalue weighted by Crippen LogP contribution is 2.34. The van der Waals surface area contributed by atoms with E-state index < -0.39 is 4.92 Å². The molecule has 0 radical (unpaired) electrons. The third kappa shape index (κ3) is 3.82. The number of halogens is 1. The van der Waals surface area contributed by atoms with Gasteiger partial charge in [0.05, 0.1) is 28.1 Å². The number of furan rings is 1. The molecule has 28 heavy (non-hydrogen) atoms. The van der Waals surface area contributed by atoms with Crippen LogP contribution in [-0.4, -0.2) is 47.2 Å². The average Bonchev–Trinajstić information content (AvgIpc) is 3.30. The van der Waals surface area contributed by atoms with E-state index in [1.807, 2.05) is 4.90 Å². The van der Waals surface area contributed by atoms with Crippen molar-refractivity contribution in [3.05, 3.63) is 56.1 Å². The molecule has 0 N–H and O–H groups in total. The number of amidine groups is 1. The fourth-order valence-electron chi connectivity index (χ4n) is 2.81. The first kappa shape index (κ1) is 18.7. The Labute approximate surface area is 169 Å². The second-order valence-corrected chi connectivity index (χ2v) is 7.45. The Hall–Kier alpha value is -2.62. The molecule has 1 aromatic carbocycles. The zero-order valence-corrected chi connectivity index (χ0v) is 16.0. The molecule has 2 aliphatic rings. The summed E-state index contributed by atoms with van der Waals surface area (Å²) in [4.78, 5) is 29.1. The third-order valence-electron chi connectivity index (χ3n) is 4.22. The van der Waals surface area contributed by atoms with Gasteiger partial charge < -0.3 is 14.1 Å². The predicted molar refractivity (Wildman–Crippen MR) is 106 cm³/mol. The first-order valence-corrected chi connectivity index (χ1v) is 9.60. The summed E-state index contributed by atoms with van der Waals surface area (Å²) in [6.45, 7) is 2.64. The highest BCUT2D eigenvalue weighted by Gasteiger charge is 2.27. The molecule has 144 valence electrons. The smallest absolute Gasteiger partial charge is 0.286 e. The van der Waals surface area contributed by atoms with Gasteiger partial charge in [0.25, 0.3) is 11.6 Å². The summed E-state index contributed by atoms with van der Waals surface area (Å²) in [6, 6.07) is 7.58. The number of nitrogens with zero attached hydrogens (tertiary/aromatic N) is 3. The number of aliphatic imine (C=N–C) groups is 1. The van der Waals surface area contributed by atoms with Crippen molar-refractivity contribution < 1.29 is 18.9 Å². The van der Waals surface area contributed by atoms with E-state index in [9.17, 15) is 14.9 Å². The maximum absolute atomic E-state index is 12.2. The molecule has 2 aliphatic heterocycles. The van der Waals surface area contributed by atoms with Crippen LogP contribution in [0.15, 0.2) is 44.6 Å². The zero-order valence-electron chi connectivity index (χ0n) is 14.5. The molecule has 1 saturated heterocycles. The van der Waals surface area contributed by atoms with E-state index in [4.69, 9.17) is 20.8 Å². The maximum Gasteiger partial charge on any atom is 0.286 e. The van der Waals surface area contributed by atoms with Crippen molar-refractivity contribution in [2.45, 2.75) is 0 Å². The van der Waals surface area contributed by atoms with Gasteiger partial charge in [0.2, 0.25) is 0 Å². The second-order valence-electron chi connectivity index (χ2n) is 6.03. The summed E-state index contributed by atoms with van der Waals surface area (Å²) in [5, 5.41) is 11.7. The Balaban J connectivity index is 1.52. The largest absolute Gasteiger partial charge is 0.457 e. The molecule has 1 fully saturated rings. The van der Waals surface area contributed by atoms with Crippen molar-refractivity contribution in [1.29, 1.82) is 0 Å². The van der Waals surface area contributed by atoms with E-state index in [-0.39, 0.29) is 16.6 Å². The molecule has 0 spiro atoms. The summed E-state index contributed by atoms with van der Waals surface area (Å²) in [7, 11) is 0. The van der Waals surface area contributed by atoms with E-state index in [0.29, 0.717) is 53.5 Å². The number of rotatable bonds is 3. The lowest BCUT2D eigenvalue weighted by atomic mass is 10.1. The number of amides is 1. The number of carbonyl (C=O) groups excluding carboxylic acids is 1. The molecule has 1 aromatic heterocycles. The number of hydrogen-bond acceptors (Lipinski definition) is 7.